The van der Waals surface area contributed by atoms with Gasteiger partial charge in [0.1, 0.15) is 0 Å². The van der Waals surface area contributed by atoms with Gasteiger partial charge in [-0.1, -0.05) is 18.2 Å². The highest BCUT2D eigenvalue weighted by atomic mass is 15.1. The first-order valence-corrected chi connectivity index (χ1v) is 4.12. The number of benzene rings is 1. The fourth-order valence-electron chi connectivity index (χ4n) is 1.38. The van der Waals surface area contributed by atoms with E-state index in [9.17, 15) is 0 Å². The van der Waals surface area contributed by atoms with Crippen LogP contribution in [0.25, 0.3) is 0 Å². The third-order valence-corrected chi connectivity index (χ3v) is 2.06. The van der Waals surface area contributed by atoms with Crippen LogP contribution < -0.4 is 10.6 Å². The molecule has 0 saturated carbocycles. The van der Waals surface area contributed by atoms with Crippen LogP contribution in [0, 0.1) is 0 Å². The van der Waals surface area contributed by atoms with E-state index in [0.717, 1.165) is 12.2 Å². The largest absolute Gasteiger partial charge is 0.381 e. The van der Waals surface area contributed by atoms with Crippen molar-refractivity contribution in [2.24, 2.45) is 0 Å². The summed E-state index contributed by atoms with van der Waals surface area (Å²) in [5.41, 5.74) is 2.34. The Bertz CT molecular complexity index is 294. The first kappa shape index (κ1) is 7.22. The van der Waals surface area contributed by atoms with Gasteiger partial charge >= 0.3 is 0 Å². The maximum Gasteiger partial charge on any atom is 0.0615 e. The van der Waals surface area contributed by atoms with Gasteiger partial charge < -0.3 is 10.6 Å². The van der Waals surface area contributed by atoms with Crippen LogP contribution in [0.15, 0.2) is 36.9 Å². The van der Waals surface area contributed by atoms with E-state index in [0.29, 0.717) is 6.04 Å². The molecule has 1 aromatic rings. The van der Waals surface area contributed by atoms with Crippen LogP contribution in [0.5, 0.6) is 0 Å². The third kappa shape index (κ3) is 1.16. The normalized spacial score (nSPS) is 20.2. The molecule has 0 spiro atoms. The smallest absolute Gasteiger partial charge is 0.0615 e. The Morgan fingerprint density at radius 2 is 2.08 bits per heavy atom. The number of rotatable bonds is 1. The molecule has 1 aliphatic rings. The summed E-state index contributed by atoms with van der Waals surface area (Å²) in [4.78, 5) is 0. The van der Waals surface area contributed by atoms with Crippen molar-refractivity contribution in [3.05, 3.63) is 36.9 Å². The third-order valence-electron chi connectivity index (χ3n) is 2.06. The number of nitrogens with one attached hydrogen (secondary N) is 2. The zero-order chi connectivity index (χ0) is 8.39. The van der Waals surface area contributed by atoms with Crippen molar-refractivity contribution in [3.8, 4) is 0 Å². The molecule has 2 heteroatoms. The van der Waals surface area contributed by atoms with E-state index in [-0.39, 0.29) is 0 Å². The first-order valence-electron chi connectivity index (χ1n) is 4.12. The molecule has 1 atom stereocenters. The van der Waals surface area contributed by atoms with Gasteiger partial charge in [-0.2, -0.15) is 0 Å². The summed E-state index contributed by atoms with van der Waals surface area (Å²) in [6, 6.07) is 8.54. The van der Waals surface area contributed by atoms with E-state index in [1.54, 1.807) is 0 Å². The lowest BCUT2D eigenvalue weighted by molar-refractivity contribution is 0.895. The summed E-state index contributed by atoms with van der Waals surface area (Å²) in [5.74, 6) is 0. The summed E-state index contributed by atoms with van der Waals surface area (Å²) in [5, 5.41) is 6.70. The molecule has 0 bridgehead atoms. The van der Waals surface area contributed by atoms with Gasteiger partial charge in [0.2, 0.25) is 0 Å². The molecule has 1 aliphatic heterocycles. The van der Waals surface area contributed by atoms with Crippen LogP contribution in [-0.2, 0) is 0 Å². The topological polar surface area (TPSA) is 24.1 Å². The van der Waals surface area contributed by atoms with E-state index >= 15 is 0 Å². The molecule has 2 N–H and O–H groups in total. The molecule has 0 amide bonds. The summed E-state index contributed by atoms with van der Waals surface area (Å²) in [6.07, 6.45) is 1.92. The molecule has 0 aromatic heterocycles. The predicted octanol–water partition coefficient (Wildman–Crippen LogP) is 2.08. The van der Waals surface area contributed by atoms with Gasteiger partial charge in [0.15, 0.2) is 0 Å². The van der Waals surface area contributed by atoms with Crippen molar-refractivity contribution in [1.29, 1.82) is 0 Å². The zero-order valence-electron chi connectivity index (χ0n) is 6.88. The van der Waals surface area contributed by atoms with Crippen molar-refractivity contribution >= 4 is 11.4 Å². The van der Waals surface area contributed by atoms with Crippen LogP contribution in [-0.4, -0.2) is 12.6 Å². The first-order chi connectivity index (χ1) is 5.90. The van der Waals surface area contributed by atoms with Gasteiger partial charge in [-0.3, -0.25) is 0 Å². The molecule has 0 aliphatic carbocycles. The zero-order valence-corrected chi connectivity index (χ0v) is 6.88. The van der Waals surface area contributed by atoms with Gasteiger partial charge in [0, 0.05) is 6.54 Å². The minimum Gasteiger partial charge on any atom is -0.381 e. The molecular weight excluding hydrogens is 148 g/mol. The molecule has 0 unspecified atom stereocenters. The van der Waals surface area contributed by atoms with Crippen molar-refractivity contribution in [1.82, 2.24) is 0 Å². The fourth-order valence-corrected chi connectivity index (χ4v) is 1.38. The summed E-state index contributed by atoms with van der Waals surface area (Å²) in [7, 11) is 0. The maximum atomic E-state index is 3.75. The van der Waals surface area contributed by atoms with Gasteiger partial charge in [-0.25, -0.2) is 0 Å². The average molecular weight is 160 g/mol. The van der Waals surface area contributed by atoms with Crippen molar-refractivity contribution in [2.45, 2.75) is 6.04 Å². The average Bonchev–Trinajstić information content (AvgIpc) is 2.17. The highest BCUT2D eigenvalue weighted by Crippen LogP contribution is 2.24. The Balaban J connectivity index is 2.28. The fraction of sp³-hybridized carbons (Fsp3) is 0.200. The molecule has 1 heterocycles. The molecule has 0 fully saturated rings. The lowest BCUT2D eigenvalue weighted by atomic mass is 10.1. The Hall–Kier alpha value is -1.44. The van der Waals surface area contributed by atoms with E-state index in [4.69, 9.17) is 0 Å². The SMILES string of the molecule is C=C[C@@H]1CNc2ccccc2N1. The predicted molar refractivity (Wildman–Crippen MR) is 52.5 cm³/mol. The number of anilines is 2. The van der Waals surface area contributed by atoms with Crippen LogP contribution in [0.4, 0.5) is 11.4 Å². The number of hydrogen-bond acceptors (Lipinski definition) is 2. The van der Waals surface area contributed by atoms with E-state index < -0.39 is 0 Å². The molecule has 62 valence electrons. The Kier molecular flexibility index (Phi) is 1.74. The molecule has 1 aromatic carbocycles. The number of fused-ring (bicyclic) bond motifs is 1. The molecular formula is C10H12N2. The highest BCUT2D eigenvalue weighted by Gasteiger charge is 2.12. The second-order valence-corrected chi connectivity index (χ2v) is 2.91. The monoisotopic (exact) mass is 160 g/mol. The highest BCUT2D eigenvalue weighted by molar-refractivity contribution is 5.71. The van der Waals surface area contributed by atoms with Gasteiger partial charge in [-0.05, 0) is 12.1 Å². The Morgan fingerprint density at radius 3 is 2.83 bits per heavy atom. The molecule has 2 nitrogen and oxygen atoms in total. The van der Waals surface area contributed by atoms with Crippen LogP contribution in [0.3, 0.4) is 0 Å². The van der Waals surface area contributed by atoms with Gasteiger partial charge in [0.05, 0.1) is 17.4 Å². The molecule has 12 heavy (non-hydrogen) atoms. The van der Waals surface area contributed by atoms with Crippen molar-refractivity contribution in [3.63, 3.8) is 0 Å². The lowest BCUT2D eigenvalue weighted by Crippen LogP contribution is -2.30. The maximum absolute atomic E-state index is 3.75. The van der Waals surface area contributed by atoms with Crippen molar-refractivity contribution < 1.29 is 0 Å². The number of hydrogen-bond donors (Lipinski definition) is 2. The Morgan fingerprint density at radius 1 is 1.33 bits per heavy atom. The van der Waals surface area contributed by atoms with Crippen LogP contribution >= 0.6 is 0 Å². The summed E-state index contributed by atoms with van der Waals surface area (Å²) >= 11 is 0. The minimum atomic E-state index is 0.347. The standard InChI is InChI=1S/C10H12N2/c1-2-8-7-11-9-5-3-4-6-10(9)12-8/h2-6,8,11-12H,1,7H2/t8-/m1/s1. The summed E-state index contributed by atoms with van der Waals surface area (Å²) in [6.45, 7) is 4.67. The number of para-hydroxylation sites is 2. The van der Waals surface area contributed by atoms with E-state index in [1.807, 2.05) is 18.2 Å². The van der Waals surface area contributed by atoms with Gasteiger partial charge in [-0.15, -0.1) is 6.58 Å². The Labute approximate surface area is 72.3 Å². The van der Waals surface area contributed by atoms with Crippen LogP contribution in [0.1, 0.15) is 0 Å². The summed E-state index contributed by atoms with van der Waals surface area (Å²) < 4.78 is 0. The second kappa shape index (κ2) is 2.89. The quantitative estimate of drug-likeness (QED) is 0.614. The van der Waals surface area contributed by atoms with Crippen molar-refractivity contribution in [2.75, 3.05) is 17.2 Å². The minimum absolute atomic E-state index is 0.347. The van der Waals surface area contributed by atoms with Crippen LogP contribution in [0.2, 0.25) is 0 Å². The molecule has 0 radical (unpaired) electrons. The lowest BCUT2D eigenvalue weighted by Gasteiger charge is -2.25. The van der Waals surface area contributed by atoms with E-state index in [1.165, 1.54) is 5.69 Å². The molecule has 2 rings (SSSR count). The second-order valence-electron chi connectivity index (χ2n) is 2.91. The van der Waals surface area contributed by atoms with Gasteiger partial charge in [0.25, 0.3) is 0 Å². The molecule has 0 saturated heterocycles. The van der Waals surface area contributed by atoms with E-state index in [2.05, 4.69) is 29.3 Å².